The number of nitro benzene ring substituents is 2. The Kier molecular flexibility index (Phi) is 6.43. The normalized spacial score (nSPS) is 10.8. The van der Waals surface area contributed by atoms with Crippen molar-refractivity contribution in [1.82, 2.24) is 0 Å². The number of nitro groups is 2. The highest BCUT2D eigenvalue weighted by molar-refractivity contribution is 7.99. The van der Waals surface area contributed by atoms with Gasteiger partial charge >= 0.3 is 5.69 Å². The van der Waals surface area contributed by atoms with Crippen LogP contribution in [0.25, 0.3) is 0 Å². The zero-order chi connectivity index (χ0) is 20.8. The van der Waals surface area contributed by atoms with E-state index >= 15 is 0 Å². The van der Waals surface area contributed by atoms with Gasteiger partial charge in [0, 0.05) is 20.9 Å². The van der Waals surface area contributed by atoms with Crippen LogP contribution in [0.15, 0.2) is 81.6 Å². The van der Waals surface area contributed by atoms with E-state index in [1.807, 2.05) is 48.5 Å². The minimum Gasteiger partial charge on any atom is -0.272 e. The predicted octanol–water partition coefficient (Wildman–Crippen LogP) is 5.75. The first-order chi connectivity index (χ1) is 13.9. The number of anilines is 1. The van der Waals surface area contributed by atoms with Gasteiger partial charge in [-0.15, -0.1) is 0 Å². The van der Waals surface area contributed by atoms with E-state index < -0.39 is 15.5 Å². The quantitative estimate of drug-likeness (QED) is 0.291. The molecule has 0 aliphatic carbocycles. The maximum absolute atomic E-state index is 11.1. The first-order valence-corrected chi connectivity index (χ1v) is 9.37. The predicted molar refractivity (Wildman–Crippen MR) is 113 cm³/mol. The largest absolute Gasteiger partial charge is 0.301 e. The van der Waals surface area contributed by atoms with Gasteiger partial charge in [0.15, 0.2) is 0 Å². The third-order valence-electron chi connectivity index (χ3n) is 3.72. The lowest BCUT2D eigenvalue weighted by molar-refractivity contribution is -0.393. The molecule has 0 atom stereocenters. The molecule has 0 saturated heterocycles. The van der Waals surface area contributed by atoms with E-state index in [0.29, 0.717) is 5.02 Å². The minimum absolute atomic E-state index is 0.0618. The first kappa shape index (κ1) is 20.3. The molecule has 0 spiro atoms. The number of hydrazone groups is 1. The van der Waals surface area contributed by atoms with Crippen molar-refractivity contribution in [2.45, 2.75) is 9.79 Å². The number of hydrogen-bond acceptors (Lipinski definition) is 7. The molecule has 0 saturated carbocycles. The number of benzene rings is 3. The first-order valence-electron chi connectivity index (χ1n) is 8.18. The summed E-state index contributed by atoms with van der Waals surface area (Å²) >= 11 is 7.47. The van der Waals surface area contributed by atoms with Crippen molar-refractivity contribution in [3.63, 3.8) is 0 Å². The van der Waals surface area contributed by atoms with Crippen LogP contribution in [0.3, 0.4) is 0 Å². The van der Waals surface area contributed by atoms with Gasteiger partial charge in [-0.3, -0.25) is 25.7 Å². The summed E-state index contributed by atoms with van der Waals surface area (Å²) in [5.74, 6) is 0. The zero-order valence-electron chi connectivity index (χ0n) is 14.7. The van der Waals surface area contributed by atoms with Crippen LogP contribution in [-0.2, 0) is 0 Å². The lowest BCUT2D eigenvalue weighted by Crippen LogP contribution is -1.98. The van der Waals surface area contributed by atoms with Crippen molar-refractivity contribution in [1.29, 1.82) is 0 Å². The van der Waals surface area contributed by atoms with Gasteiger partial charge in [-0.05, 0) is 48.0 Å². The van der Waals surface area contributed by atoms with E-state index in [2.05, 4.69) is 10.5 Å². The smallest absolute Gasteiger partial charge is 0.272 e. The standard InChI is InChI=1S/C19H13ClN4O4S/c20-14-3-8-17(9-4-14)29-16-6-1-13(2-7-16)12-21-22-18-10-5-15(23(25)26)11-19(18)24(27)28/h1-12,22H/b21-12-. The summed E-state index contributed by atoms with van der Waals surface area (Å²) in [6.45, 7) is 0. The highest BCUT2D eigenvalue weighted by Crippen LogP contribution is 2.30. The van der Waals surface area contributed by atoms with Gasteiger partial charge in [-0.25, -0.2) is 0 Å². The molecule has 0 aromatic heterocycles. The number of halogens is 1. The second-order valence-electron chi connectivity index (χ2n) is 5.71. The van der Waals surface area contributed by atoms with Crippen molar-refractivity contribution in [2.75, 3.05) is 5.43 Å². The molecule has 10 heteroatoms. The van der Waals surface area contributed by atoms with Crippen LogP contribution in [0.2, 0.25) is 5.02 Å². The SMILES string of the molecule is O=[N+]([O-])c1ccc(N/N=C\c2ccc(Sc3ccc(Cl)cc3)cc2)c([N+](=O)[O-])c1. The van der Waals surface area contributed by atoms with Gasteiger partial charge < -0.3 is 0 Å². The van der Waals surface area contributed by atoms with Crippen LogP contribution in [0.1, 0.15) is 5.56 Å². The maximum atomic E-state index is 11.1. The molecule has 0 bridgehead atoms. The Bertz CT molecular complexity index is 1070. The average molecular weight is 429 g/mol. The number of nitrogens with one attached hydrogen (secondary N) is 1. The van der Waals surface area contributed by atoms with Crippen LogP contribution < -0.4 is 5.43 Å². The molecule has 0 fully saturated rings. The number of nitrogens with zero attached hydrogens (tertiary/aromatic N) is 3. The van der Waals surface area contributed by atoms with E-state index in [-0.39, 0.29) is 11.4 Å². The van der Waals surface area contributed by atoms with Crippen LogP contribution >= 0.6 is 23.4 Å². The molecule has 1 N–H and O–H groups in total. The van der Waals surface area contributed by atoms with Gasteiger partial charge in [0.1, 0.15) is 5.69 Å². The average Bonchev–Trinajstić information content (AvgIpc) is 2.71. The molecular weight excluding hydrogens is 416 g/mol. The Morgan fingerprint density at radius 1 is 0.897 bits per heavy atom. The van der Waals surface area contributed by atoms with Crippen LogP contribution in [-0.4, -0.2) is 16.1 Å². The highest BCUT2D eigenvalue weighted by atomic mass is 35.5. The Hall–Kier alpha value is -3.43. The topological polar surface area (TPSA) is 111 Å². The third kappa shape index (κ3) is 5.53. The highest BCUT2D eigenvalue weighted by Gasteiger charge is 2.19. The molecule has 146 valence electrons. The van der Waals surface area contributed by atoms with Crippen LogP contribution in [0.5, 0.6) is 0 Å². The summed E-state index contributed by atoms with van der Waals surface area (Å²) in [5, 5.41) is 26.6. The number of non-ortho nitro benzene ring substituents is 1. The van der Waals surface area contributed by atoms with Gasteiger partial charge in [-0.2, -0.15) is 5.10 Å². The van der Waals surface area contributed by atoms with E-state index in [9.17, 15) is 20.2 Å². The summed E-state index contributed by atoms with van der Waals surface area (Å²) in [5.41, 5.74) is 2.61. The molecule has 0 heterocycles. The van der Waals surface area contributed by atoms with Gasteiger partial charge in [0.05, 0.1) is 22.1 Å². The van der Waals surface area contributed by atoms with Crippen molar-refractivity contribution in [3.05, 3.63) is 97.5 Å². The monoisotopic (exact) mass is 428 g/mol. The summed E-state index contributed by atoms with van der Waals surface area (Å²) < 4.78 is 0. The fourth-order valence-electron chi connectivity index (χ4n) is 2.32. The Morgan fingerprint density at radius 3 is 2.10 bits per heavy atom. The summed E-state index contributed by atoms with van der Waals surface area (Å²) in [7, 11) is 0. The number of rotatable bonds is 7. The second-order valence-corrected chi connectivity index (χ2v) is 7.29. The van der Waals surface area contributed by atoms with Crippen LogP contribution in [0, 0.1) is 20.2 Å². The Labute approximate surface area is 174 Å². The fourth-order valence-corrected chi connectivity index (χ4v) is 3.26. The molecule has 29 heavy (non-hydrogen) atoms. The van der Waals surface area contributed by atoms with Gasteiger partial charge in [0.25, 0.3) is 5.69 Å². The molecule has 0 radical (unpaired) electrons. The van der Waals surface area contributed by atoms with Crippen molar-refractivity contribution >= 4 is 46.6 Å². The van der Waals surface area contributed by atoms with Gasteiger partial charge in [-0.1, -0.05) is 35.5 Å². The second kappa shape index (κ2) is 9.18. The molecule has 3 aromatic carbocycles. The summed E-state index contributed by atoms with van der Waals surface area (Å²) in [6.07, 6.45) is 1.50. The molecule has 0 aliphatic heterocycles. The lowest BCUT2D eigenvalue weighted by atomic mass is 10.2. The minimum atomic E-state index is -0.701. The van der Waals surface area contributed by atoms with Gasteiger partial charge in [0.2, 0.25) is 0 Å². The Balaban J connectivity index is 1.67. The lowest BCUT2D eigenvalue weighted by Gasteiger charge is -2.03. The molecular formula is C19H13ClN4O4S. The molecule has 8 nitrogen and oxygen atoms in total. The summed E-state index contributed by atoms with van der Waals surface area (Å²) in [4.78, 5) is 22.6. The van der Waals surface area contributed by atoms with E-state index in [1.54, 1.807) is 11.8 Å². The molecule has 0 aliphatic rings. The molecule has 3 rings (SSSR count). The molecule has 0 unspecified atom stereocenters. The fraction of sp³-hybridized carbons (Fsp3) is 0. The number of hydrogen-bond donors (Lipinski definition) is 1. The van der Waals surface area contributed by atoms with Crippen molar-refractivity contribution in [2.24, 2.45) is 5.10 Å². The van der Waals surface area contributed by atoms with E-state index in [1.165, 1.54) is 18.3 Å². The van der Waals surface area contributed by atoms with Crippen molar-refractivity contribution in [3.8, 4) is 0 Å². The van der Waals surface area contributed by atoms with Crippen molar-refractivity contribution < 1.29 is 9.85 Å². The third-order valence-corrected chi connectivity index (χ3v) is 4.98. The summed E-state index contributed by atoms with van der Waals surface area (Å²) in [6, 6.07) is 18.4. The Morgan fingerprint density at radius 2 is 1.52 bits per heavy atom. The maximum Gasteiger partial charge on any atom is 0.301 e. The molecule has 0 amide bonds. The molecule has 3 aromatic rings. The van der Waals surface area contributed by atoms with E-state index in [4.69, 9.17) is 11.6 Å². The van der Waals surface area contributed by atoms with E-state index in [0.717, 1.165) is 21.4 Å². The zero-order valence-corrected chi connectivity index (χ0v) is 16.3. The van der Waals surface area contributed by atoms with Crippen LogP contribution in [0.4, 0.5) is 17.1 Å².